The normalized spacial score (nSPS) is 12.6. The predicted octanol–water partition coefficient (Wildman–Crippen LogP) is 3.57. The second-order valence-corrected chi connectivity index (χ2v) is 4.91. The van der Waals surface area contributed by atoms with Crippen LogP contribution in [0.25, 0.3) is 11.0 Å². The van der Waals surface area contributed by atoms with Gasteiger partial charge in [-0.25, -0.2) is 4.79 Å². The fraction of sp³-hybridized carbons (Fsp3) is 0.188. The van der Waals surface area contributed by atoms with E-state index in [0.29, 0.717) is 12.1 Å². The highest BCUT2D eigenvalue weighted by atomic mass is 16.4. The van der Waals surface area contributed by atoms with Crippen molar-refractivity contribution < 1.29 is 18.7 Å². The van der Waals surface area contributed by atoms with Gasteiger partial charge in [0.25, 0.3) is 0 Å². The average molecular weight is 285 g/mol. The molecule has 2 heterocycles. The van der Waals surface area contributed by atoms with Crippen LogP contribution in [0.4, 0.5) is 0 Å². The molecule has 2 N–H and O–H groups in total. The zero-order valence-corrected chi connectivity index (χ0v) is 11.5. The summed E-state index contributed by atoms with van der Waals surface area (Å²) in [5, 5.41) is 13.1. The SMILES string of the molecule is CC(NCc1ccc2oc(C(=O)O)cc2c1)c1ccco1. The molecule has 0 spiro atoms. The number of carboxylic acid groups (broad SMARTS) is 1. The van der Waals surface area contributed by atoms with Crippen LogP contribution in [0.3, 0.4) is 0 Å². The van der Waals surface area contributed by atoms with Gasteiger partial charge < -0.3 is 19.3 Å². The third-order valence-electron chi connectivity index (χ3n) is 3.37. The Morgan fingerprint density at radius 2 is 2.19 bits per heavy atom. The molecule has 0 radical (unpaired) electrons. The van der Waals surface area contributed by atoms with Gasteiger partial charge in [-0.1, -0.05) is 6.07 Å². The van der Waals surface area contributed by atoms with Gasteiger partial charge in [-0.15, -0.1) is 0 Å². The van der Waals surface area contributed by atoms with E-state index in [0.717, 1.165) is 16.7 Å². The first-order chi connectivity index (χ1) is 10.1. The topological polar surface area (TPSA) is 75.6 Å². The number of furan rings is 2. The largest absolute Gasteiger partial charge is 0.475 e. The minimum Gasteiger partial charge on any atom is -0.475 e. The van der Waals surface area contributed by atoms with Crippen molar-refractivity contribution in [1.29, 1.82) is 0 Å². The molecule has 3 rings (SSSR count). The molecule has 5 heteroatoms. The number of nitrogens with one attached hydrogen (secondary N) is 1. The fourth-order valence-electron chi connectivity index (χ4n) is 2.22. The molecule has 0 bridgehead atoms. The van der Waals surface area contributed by atoms with Crippen molar-refractivity contribution >= 4 is 16.9 Å². The monoisotopic (exact) mass is 285 g/mol. The van der Waals surface area contributed by atoms with E-state index in [4.69, 9.17) is 13.9 Å². The second kappa shape index (κ2) is 5.46. The molecule has 1 aromatic carbocycles. The van der Waals surface area contributed by atoms with Gasteiger partial charge >= 0.3 is 5.97 Å². The van der Waals surface area contributed by atoms with E-state index in [2.05, 4.69) is 5.32 Å². The van der Waals surface area contributed by atoms with E-state index in [-0.39, 0.29) is 11.8 Å². The number of fused-ring (bicyclic) bond motifs is 1. The lowest BCUT2D eigenvalue weighted by Gasteiger charge is -2.11. The summed E-state index contributed by atoms with van der Waals surface area (Å²) in [7, 11) is 0. The van der Waals surface area contributed by atoms with Gasteiger partial charge in [0.05, 0.1) is 12.3 Å². The minimum atomic E-state index is -1.06. The standard InChI is InChI=1S/C16H15NO4/c1-10(13-3-2-6-20-13)17-9-11-4-5-14-12(7-11)8-15(21-14)16(18)19/h2-8,10,17H,9H2,1H3,(H,18,19). The number of benzene rings is 1. The summed E-state index contributed by atoms with van der Waals surface area (Å²) >= 11 is 0. The lowest BCUT2D eigenvalue weighted by molar-refractivity contribution is 0.0665. The molecule has 5 nitrogen and oxygen atoms in total. The van der Waals surface area contributed by atoms with Gasteiger partial charge in [0.2, 0.25) is 5.76 Å². The number of rotatable bonds is 5. The van der Waals surface area contributed by atoms with Crippen molar-refractivity contribution in [2.75, 3.05) is 0 Å². The van der Waals surface area contributed by atoms with Gasteiger partial charge in [-0.2, -0.15) is 0 Å². The average Bonchev–Trinajstić information content (AvgIpc) is 3.13. The van der Waals surface area contributed by atoms with E-state index < -0.39 is 5.97 Å². The zero-order valence-electron chi connectivity index (χ0n) is 11.5. The van der Waals surface area contributed by atoms with Crippen LogP contribution in [0, 0.1) is 0 Å². The Morgan fingerprint density at radius 1 is 1.33 bits per heavy atom. The Bertz CT molecular complexity index is 758. The van der Waals surface area contributed by atoms with Gasteiger partial charge in [0.15, 0.2) is 0 Å². The molecule has 0 saturated carbocycles. The summed E-state index contributed by atoms with van der Waals surface area (Å²) < 4.78 is 10.6. The fourth-order valence-corrected chi connectivity index (χ4v) is 2.22. The second-order valence-electron chi connectivity index (χ2n) is 4.91. The summed E-state index contributed by atoms with van der Waals surface area (Å²) in [6.07, 6.45) is 1.65. The maximum atomic E-state index is 10.9. The Hall–Kier alpha value is -2.53. The molecule has 0 saturated heterocycles. The van der Waals surface area contributed by atoms with Crippen LogP contribution in [0.2, 0.25) is 0 Å². The van der Waals surface area contributed by atoms with Crippen molar-refractivity contribution in [3.05, 3.63) is 59.7 Å². The molecule has 0 aliphatic carbocycles. The van der Waals surface area contributed by atoms with Crippen LogP contribution in [0.15, 0.2) is 51.5 Å². The van der Waals surface area contributed by atoms with Crippen molar-refractivity contribution in [3.8, 4) is 0 Å². The number of carbonyl (C=O) groups is 1. The summed E-state index contributed by atoms with van der Waals surface area (Å²) in [5.41, 5.74) is 1.63. The molecule has 3 aromatic rings. The highest BCUT2D eigenvalue weighted by molar-refractivity contribution is 5.91. The van der Waals surface area contributed by atoms with E-state index in [1.54, 1.807) is 12.3 Å². The molecule has 0 fully saturated rings. The molecular weight excluding hydrogens is 270 g/mol. The predicted molar refractivity (Wildman–Crippen MR) is 77.1 cm³/mol. The van der Waals surface area contributed by atoms with Gasteiger partial charge in [0, 0.05) is 11.9 Å². The third-order valence-corrected chi connectivity index (χ3v) is 3.37. The van der Waals surface area contributed by atoms with E-state index >= 15 is 0 Å². The third kappa shape index (κ3) is 2.83. The van der Waals surface area contributed by atoms with Crippen molar-refractivity contribution in [2.45, 2.75) is 19.5 Å². The van der Waals surface area contributed by atoms with E-state index in [1.807, 2.05) is 31.2 Å². The van der Waals surface area contributed by atoms with Gasteiger partial charge in [-0.05, 0) is 42.8 Å². The molecule has 0 aliphatic heterocycles. The first-order valence-electron chi connectivity index (χ1n) is 6.66. The number of carboxylic acids is 1. The first-order valence-corrected chi connectivity index (χ1v) is 6.66. The lowest BCUT2D eigenvalue weighted by atomic mass is 10.1. The molecule has 108 valence electrons. The number of hydrogen-bond acceptors (Lipinski definition) is 4. The van der Waals surface area contributed by atoms with Crippen molar-refractivity contribution in [3.63, 3.8) is 0 Å². The lowest BCUT2D eigenvalue weighted by Crippen LogP contribution is -2.17. The molecule has 1 atom stereocenters. The summed E-state index contributed by atoms with van der Waals surface area (Å²) in [6.45, 7) is 2.68. The Balaban J connectivity index is 1.73. The first kappa shape index (κ1) is 13.5. The number of aromatic carboxylic acids is 1. The van der Waals surface area contributed by atoms with Crippen molar-refractivity contribution in [1.82, 2.24) is 5.32 Å². The zero-order chi connectivity index (χ0) is 14.8. The molecule has 1 unspecified atom stereocenters. The Kier molecular flexibility index (Phi) is 3.50. The van der Waals surface area contributed by atoms with Crippen molar-refractivity contribution in [2.24, 2.45) is 0 Å². The van der Waals surface area contributed by atoms with Gasteiger partial charge in [0.1, 0.15) is 11.3 Å². The molecule has 2 aromatic heterocycles. The van der Waals surface area contributed by atoms with Crippen LogP contribution < -0.4 is 5.32 Å². The van der Waals surface area contributed by atoms with Crippen LogP contribution in [-0.2, 0) is 6.54 Å². The molecule has 21 heavy (non-hydrogen) atoms. The van der Waals surface area contributed by atoms with Crippen LogP contribution in [0.5, 0.6) is 0 Å². The minimum absolute atomic E-state index is 0.0425. The maximum Gasteiger partial charge on any atom is 0.371 e. The van der Waals surface area contributed by atoms with E-state index in [9.17, 15) is 4.79 Å². The number of hydrogen-bond donors (Lipinski definition) is 2. The quantitative estimate of drug-likeness (QED) is 0.749. The Morgan fingerprint density at radius 3 is 2.90 bits per heavy atom. The van der Waals surface area contributed by atoms with Crippen LogP contribution in [-0.4, -0.2) is 11.1 Å². The maximum absolute atomic E-state index is 10.9. The molecular formula is C16H15NO4. The van der Waals surface area contributed by atoms with Crippen LogP contribution in [0.1, 0.15) is 34.8 Å². The van der Waals surface area contributed by atoms with Gasteiger partial charge in [-0.3, -0.25) is 0 Å². The van der Waals surface area contributed by atoms with E-state index in [1.165, 1.54) is 6.07 Å². The summed E-state index contributed by atoms with van der Waals surface area (Å²) in [6, 6.07) is 11.1. The molecule has 0 aliphatic rings. The highest BCUT2D eigenvalue weighted by Gasteiger charge is 2.11. The summed E-state index contributed by atoms with van der Waals surface area (Å²) in [5.74, 6) is -0.219. The highest BCUT2D eigenvalue weighted by Crippen LogP contribution is 2.21. The van der Waals surface area contributed by atoms with Crippen LogP contribution >= 0.6 is 0 Å². The smallest absolute Gasteiger partial charge is 0.371 e. The molecule has 0 amide bonds. The summed E-state index contributed by atoms with van der Waals surface area (Å²) in [4.78, 5) is 10.9. The Labute approximate surface area is 121 Å².